The number of benzene rings is 2. The maximum atomic E-state index is 11.7. The fraction of sp³-hybridized carbons (Fsp3) is 0.0952. The molecule has 28 heavy (non-hydrogen) atoms. The summed E-state index contributed by atoms with van der Waals surface area (Å²) in [5.41, 5.74) is 9.87. The molecule has 1 aliphatic heterocycles. The number of esters is 1. The van der Waals surface area contributed by atoms with E-state index in [2.05, 4.69) is 16.3 Å². The Labute approximate surface area is 161 Å². The van der Waals surface area contributed by atoms with Crippen molar-refractivity contribution in [2.45, 2.75) is 5.92 Å². The molecule has 1 atom stereocenters. The van der Waals surface area contributed by atoms with Crippen LogP contribution in [0.5, 0.6) is 5.88 Å². The number of aromatic amines is 1. The van der Waals surface area contributed by atoms with Gasteiger partial charge in [-0.1, -0.05) is 42.5 Å². The van der Waals surface area contributed by atoms with E-state index in [4.69, 9.17) is 15.2 Å². The number of H-pyrrole nitrogens is 1. The Kier molecular flexibility index (Phi) is 4.30. The molecule has 0 fully saturated rings. The SMILES string of the molecule is COC(=O)c1ccc([C@H]2C(C#N)=C(N)Oc3n[nH]c(-c4ccccc4)c32)cc1. The first-order chi connectivity index (χ1) is 13.6. The van der Waals surface area contributed by atoms with Crippen LogP contribution in [0, 0.1) is 11.3 Å². The summed E-state index contributed by atoms with van der Waals surface area (Å²) < 4.78 is 10.3. The highest BCUT2D eigenvalue weighted by Gasteiger charge is 2.35. The normalized spacial score (nSPS) is 15.4. The molecule has 0 bridgehead atoms. The van der Waals surface area contributed by atoms with Gasteiger partial charge in [0.15, 0.2) is 0 Å². The van der Waals surface area contributed by atoms with Crippen molar-refractivity contribution in [2.75, 3.05) is 7.11 Å². The van der Waals surface area contributed by atoms with Gasteiger partial charge in [0.25, 0.3) is 0 Å². The van der Waals surface area contributed by atoms with Crippen LogP contribution >= 0.6 is 0 Å². The molecular weight excluding hydrogens is 356 g/mol. The lowest BCUT2D eigenvalue weighted by atomic mass is 9.83. The molecule has 138 valence electrons. The highest BCUT2D eigenvalue weighted by atomic mass is 16.5. The standard InChI is InChI=1S/C21H16N4O3/c1-27-21(26)14-9-7-12(8-10-14)16-15(11-22)19(23)28-20-17(16)18(24-25-20)13-5-3-2-4-6-13/h2-10,16H,23H2,1H3,(H,24,25)/t16-/m0/s1. The van der Waals surface area contributed by atoms with E-state index in [9.17, 15) is 10.1 Å². The number of nitrogens with zero attached hydrogens (tertiary/aromatic N) is 2. The van der Waals surface area contributed by atoms with Gasteiger partial charge in [0.05, 0.1) is 29.8 Å². The van der Waals surface area contributed by atoms with Crippen molar-refractivity contribution in [3.05, 3.63) is 82.7 Å². The number of nitrogens with two attached hydrogens (primary N) is 1. The molecule has 0 radical (unpaired) electrons. The Hall–Kier alpha value is -4.05. The Balaban J connectivity index is 1.88. The van der Waals surface area contributed by atoms with Crippen LogP contribution in [0.2, 0.25) is 0 Å². The molecular formula is C21H16N4O3. The van der Waals surface area contributed by atoms with Crippen LogP contribution in [0.15, 0.2) is 66.1 Å². The minimum atomic E-state index is -0.477. The number of carbonyl (C=O) groups excluding carboxylic acids is 1. The van der Waals surface area contributed by atoms with Crippen molar-refractivity contribution in [3.8, 4) is 23.2 Å². The van der Waals surface area contributed by atoms with Gasteiger partial charge in [0, 0.05) is 0 Å². The van der Waals surface area contributed by atoms with Crippen LogP contribution in [0.1, 0.15) is 27.4 Å². The molecule has 7 heteroatoms. The number of allylic oxidation sites excluding steroid dienone is 1. The number of aromatic nitrogens is 2. The lowest BCUT2D eigenvalue weighted by Crippen LogP contribution is -2.21. The molecule has 1 aliphatic rings. The molecule has 4 rings (SSSR count). The van der Waals surface area contributed by atoms with Crippen LogP contribution < -0.4 is 10.5 Å². The summed E-state index contributed by atoms with van der Waals surface area (Å²) in [6.45, 7) is 0. The summed E-state index contributed by atoms with van der Waals surface area (Å²) in [5.74, 6) is -0.557. The van der Waals surface area contributed by atoms with Crippen molar-refractivity contribution in [1.82, 2.24) is 10.2 Å². The van der Waals surface area contributed by atoms with Crippen LogP contribution in [0.4, 0.5) is 0 Å². The Bertz CT molecular complexity index is 1110. The molecule has 0 saturated carbocycles. The fourth-order valence-electron chi connectivity index (χ4n) is 3.33. The largest absolute Gasteiger partial charge is 0.465 e. The van der Waals surface area contributed by atoms with Crippen LogP contribution in [-0.2, 0) is 4.74 Å². The number of methoxy groups -OCH3 is 1. The van der Waals surface area contributed by atoms with E-state index < -0.39 is 11.9 Å². The summed E-state index contributed by atoms with van der Waals surface area (Å²) in [6, 6.07) is 18.7. The summed E-state index contributed by atoms with van der Waals surface area (Å²) in [6.07, 6.45) is 0. The first-order valence-electron chi connectivity index (χ1n) is 8.53. The van der Waals surface area contributed by atoms with E-state index in [1.165, 1.54) is 7.11 Å². The van der Waals surface area contributed by atoms with Crippen molar-refractivity contribution in [2.24, 2.45) is 5.73 Å². The van der Waals surface area contributed by atoms with Gasteiger partial charge in [0.2, 0.25) is 11.8 Å². The third kappa shape index (κ3) is 2.77. The number of hydrogen-bond acceptors (Lipinski definition) is 6. The molecule has 2 aromatic carbocycles. The third-order valence-corrected chi connectivity index (χ3v) is 4.67. The van der Waals surface area contributed by atoms with E-state index >= 15 is 0 Å². The van der Waals surface area contributed by atoms with Crippen molar-refractivity contribution < 1.29 is 14.3 Å². The maximum absolute atomic E-state index is 11.7. The number of ether oxygens (including phenoxy) is 2. The van der Waals surface area contributed by atoms with Gasteiger partial charge in [-0.25, -0.2) is 4.79 Å². The Morgan fingerprint density at radius 2 is 1.93 bits per heavy atom. The van der Waals surface area contributed by atoms with Gasteiger partial charge in [-0.15, -0.1) is 5.10 Å². The molecule has 0 saturated heterocycles. The monoisotopic (exact) mass is 372 g/mol. The van der Waals surface area contributed by atoms with E-state index in [0.29, 0.717) is 11.4 Å². The molecule has 7 nitrogen and oxygen atoms in total. The van der Waals surface area contributed by atoms with Crippen LogP contribution in [0.3, 0.4) is 0 Å². The van der Waals surface area contributed by atoms with Gasteiger partial charge in [-0.2, -0.15) is 5.26 Å². The second kappa shape index (κ2) is 6.93. The number of nitriles is 1. The second-order valence-corrected chi connectivity index (χ2v) is 6.22. The highest BCUT2D eigenvalue weighted by molar-refractivity contribution is 5.89. The minimum Gasteiger partial charge on any atom is -0.465 e. The predicted molar refractivity (Wildman–Crippen MR) is 101 cm³/mol. The predicted octanol–water partition coefficient (Wildman–Crippen LogP) is 3.08. The molecule has 0 spiro atoms. The Morgan fingerprint density at radius 3 is 2.57 bits per heavy atom. The summed E-state index contributed by atoms with van der Waals surface area (Å²) in [4.78, 5) is 11.7. The zero-order chi connectivity index (χ0) is 19.7. The van der Waals surface area contributed by atoms with E-state index in [1.807, 2.05) is 30.3 Å². The van der Waals surface area contributed by atoms with Gasteiger partial charge in [-0.05, 0) is 23.3 Å². The van der Waals surface area contributed by atoms with Gasteiger partial charge < -0.3 is 15.2 Å². The van der Waals surface area contributed by atoms with Crippen LogP contribution in [0.25, 0.3) is 11.3 Å². The van der Waals surface area contributed by atoms with E-state index in [-0.39, 0.29) is 11.5 Å². The number of fused-ring (bicyclic) bond motifs is 1. The smallest absolute Gasteiger partial charge is 0.337 e. The molecule has 3 aromatic rings. The van der Waals surface area contributed by atoms with Crippen molar-refractivity contribution in [3.63, 3.8) is 0 Å². The minimum absolute atomic E-state index is 0.0168. The highest BCUT2D eigenvalue weighted by Crippen LogP contribution is 2.45. The third-order valence-electron chi connectivity index (χ3n) is 4.67. The van der Waals surface area contributed by atoms with Gasteiger partial charge in [0.1, 0.15) is 11.6 Å². The number of rotatable bonds is 3. The van der Waals surface area contributed by atoms with Crippen molar-refractivity contribution in [1.29, 1.82) is 5.26 Å². The first kappa shape index (κ1) is 17.4. The zero-order valence-electron chi connectivity index (χ0n) is 15.0. The molecule has 1 aromatic heterocycles. The van der Waals surface area contributed by atoms with E-state index in [0.717, 1.165) is 22.4 Å². The zero-order valence-corrected chi connectivity index (χ0v) is 15.0. The number of nitrogens with one attached hydrogen (secondary N) is 1. The Morgan fingerprint density at radius 1 is 1.21 bits per heavy atom. The summed E-state index contributed by atoms with van der Waals surface area (Å²) in [5, 5.41) is 17.0. The lowest BCUT2D eigenvalue weighted by molar-refractivity contribution is 0.0600. The summed E-state index contributed by atoms with van der Waals surface area (Å²) >= 11 is 0. The molecule has 2 heterocycles. The van der Waals surface area contributed by atoms with E-state index in [1.54, 1.807) is 24.3 Å². The molecule has 0 unspecified atom stereocenters. The fourth-order valence-corrected chi connectivity index (χ4v) is 3.33. The topological polar surface area (TPSA) is 114 Å². The second-order valence-electron chi connectivity index (χ2n) is 6.22. The molecule has 0 amide bonds. The average Bonchev–Trinajstić information content (AvgIpc) is 3.16. The van der Waals surface area contributed by atoms with Crippen LogP contribution in [-0.4, -0.2) is 23.3 Å². The van der Waals surface area contributed by atoms with Gasteiger partial charge >= 0.3 is 5.97 Å². The summed E-state index contributed by atoms with van der Waals surface area (Å²) in [7, 11) is 1.33. The van der Waals surface area contributed by atoms with Gasteiger partial charge in [-0.3, -0.25) is 5.10 Å². The molecule has 0 aliphatic carbocycles. The first-order valence-corrected chi connectivity index (χ1v) is 8.53. The quantitative estimate of drug-likeness (QED) is 0.683. The molecule has 3 N–H and O–H groups in total. The van der Waals surface area contributed by atoms with Crippen molar-refractivity contribution >= 4 is 5.97 Å². The maximum Gasteiger partial charge on any atom is 0.337 e. The average molecular weight is 372 g/mol. The lowest BCUT2D eigenvalue weighted by Gasteiger charge is -2.24. The number of hydrogen-bond donors (Lipinski definition) is 2. The number of carbonyl (C=O) groups is 1.